The Hall–Kier alpha value is -3.23. The van der Waals surface area contributed by atoms with E-state index in [2.05, 4.69) is 6.92 Å². The van der Waals surface area contributed by atoms with Crippen LogP contribution in [0, 0.1) is 5.92 Å². The summed E-state index contributed by atoms with van der Waals surface area (Å²) in [6.07, 6.45) is -2.28. The van der Waals surface area contributed by atoms with Gasteiger partial charge in [0.25, 0.3) is 0 Å². The van der Waals surface area contributed by atoms with Gasteiger partial charge in [-0.1, -0.05) is 19.1 Å². The van der Waals surface area contributed by atoms with Crippen LogP contribution in [0.3, 0.4) is 0 Å². The first-order valence-electron chi connectivity index (χ1n) is 10.8. The predicted octanol–water partition coefficient (Wildman–Crippen LogP) is 4.88. The first-order valence-corrected chi connectivity index (χ1v) is 10.8. The normalized spacial score (nSPS) is 16.2. The molecule has 6 nitrogen and oxygen atoms in total. The lowest BCUT2D eigenvalue weighted by atomic mass is 9.90. The Morgan fingerprint density at radius 1 is 1.12 bits per heavy atom. The van der Waals surface area contributed by atoms with Crippen LogP contribution >= 0.6 is 0 Å². The molecule has 1 N–H and O–H groups in total. The Kier molecular flexibility index (Phi) is 7.84. The van der Waals surface area contributed by atoms with Crippen LogP contribution in [0.5, 0.6) is 11.5 Å². The number of rotatable bonds is 8. The Morgan fingerprint density at radius 3 is 2.42 bits per heavy atom. The molecular weight excluding hydrogens is 435 g/mol. The third-order valence-electron chi connectivity index (χ3n) is 5.67. The number of nitrogens with one attached hydrogen (secondary N) is 1. The van der Waals surface area contributed by atoms with Gasteiger partial charge < -0.3 is 14.8 Å². The molecule has 0 spiro atoms. The molecule has 2 aromatic carbocycles. The number of carbonyl (C=O) groups excluding carboxylic acids is 1. The van der Waals surface area contributed by atoms with Crippen LogP contribution in [0.15, 0.2) is 47.6 Å². The van der Waals surface area contributed by atoms with Gasteiger partial charge in [0.2, 0.25) is 0 Å². The standard InChI is InChI=1S/C24H28F3N3O3/c1-4-17-12-14-30(29-22(17)18-7-10-20(32-2)21(15-18)33-3)13-11-16-5-8-19(9-6-16)28-23(31)24(25,26)27/h5-10,15,17H,4,11-14H2,1-3H3,(H,28,31). The highest BCUT2D eigenvalue weighted by Crippen LogP contribution is 2.31. The number of hydrogen-bond acceptors (Lipinski definition) is 5. The van der Waals surface area contributed by atoms with Gasteiger partial charge in [-0.2, -0.15) is 18.3 Å². The maximum atomic E-state index is 12.4. The first kappa shape index (κ1) is 24.4. The molecule has 33 heavy (non-hydrogen) atoms. The molecule has 0 bridgehead atoms. The molecule has 9 heteroatoms. The van der Waals surface area contributed by atoms with E-state index in [1.807, 2.05) is 28.5 Å². The average Bonchev–Trinajstić information content (AvgIpc) is 2.82. The van der Waals surface area contributed by atoms with E-state index in [0.29, 0.717) is 30.4 Å². The van der Waals surface area contributed by atoms with Crippen molar-refractivity contribution < 1.29 is 27.4 Å². The highest BCUT2D eigenvalue weighted by atomic mass is 19.4. The lowest BCUT2D eigenvalue weighted by Crippen LogP contribution is -2.33. The van der Waals surface area contributed by atoms with Gasteiger partial charge in [-0.3, -0.25) is 9.80 Å². The summed E-state index contributed by atoms with van der Waals surface area (Å²) in [5, 5.41) is 8.78. The topological polar surface area (TPSA) is 63.2 Å². The van der Waals surface area contributed by atoms with Gasteiger partial charge >= 0.3 is 12.1 Å². The second kappa shape index (κ2) is 10.6. The Balaban J connectivity index is 1.68. The third kappa shape index (κ3) is 6.18. The molecule has 0 aromatic heterocycles. The molecule has 2 aromatic rings. The van der Waals surface area contributed by atoms with E-state index in [-0.39, 0.29) is 5.69 Å². The number of hydrogen-bond donors (Lipinski definition) is 1. The zero-order chi connectivity index (χ0) is 24.0. The monoisotopic (exact) mass is 463 g/mol. The van der Waals surface area contributed by atoms with Gasteiger partial charge in [0.05, 0.1) is 19.9 Å². The molecule has 1 aliphatic rings. The Labute approximate surface area is 191 Å². The summed E-state index contributed by atoms with van der Waals surface area (Å²) in [5.41, 5.74) is 3.06. The first-order chi connectivity index (χ1) is 15.7. The van der Waals surface area contributed by atoms with Gasteiger partial charge in [-0.05, 0) is 55.2 Å². The van der Waals surface area contributed by atoms with Crippen LogP contribution in [-0.4, -0.2) is 50.1 Å². The highest BCUT2D eigenvalue weighted by Gasteiger charge is 2.38. The number of anilines is 1. The van der Waals surface area contributed by atoms with Crippen molar-refractivity contribution in [3.05, 3.63) is 53.6 Å². The largest absolute Gasteiger partial charge is 0.493 e. The maximum absolute atomic E-state index is 12.4. The van der Waals surface area contributed by atoms with E-state index in [1.54, 1.807) is 26.4 Å². The highest BCUT2D eigenvalue weighted by molar-refractivity contribution is 6.03. The summed E-state index contributed by atoms with van der Waals surface area (Å²) in [6, 6.07) is 12.2. The molecule has 1 heterocycles. The predicted molar refractivity (Wildman–Crippen MR) is 121 cm³/mol. The average molecular weight is 464 g/mol. The SMILES string of the molecule is CCC1CCN(CCc2ccc(NC(=O)C(F)(F)F)cc2)N=C1c1ccc(OC)c(OC)c1. The van der Waals surface area contributed by atoms with Crippen LogP contribution in [0.25, 0.3) is 0 Å². The van der Waals surface area contributed by atoms with E-state index in [4.69, 9.17) is 14.6 Å². The van der Waals surface area contributed by atoms with Crippen molar-refractivity contribution in [3.63, 3.8) is 0 Å². The quantitative estimate of drug-likeness (QED) is 0.606. The molecule has 0 saturated heterocycles. The molecule has 3 rings (SSSR count). The van der Waals surface area contributed by atoms with Crippen molar-refractivity contribution in [1.82, 2.24) is 5.01 Å². The van der Waals surface area contributed by atoms with Gasteiger partial charge in [0.1, 0.15) is 0 Å². The summed E-state index contributed by atoms with van der Waals surface area (Å²) >= 11 is 0. The summed E-state index contributed by atoms with van der Waals surface area (Å²) in [4.78, 5) is 11.1. The molecule has 0 aliphatic carbocycles. The van der Waals surface area contributed by atoms with Crippen molar-refractivity contribution in [2.24, 2.45) is 11.0 Å². The molecule has 0 saturated carbocycles. The minimum absolute atomic E-state index is 0.110. The van der Waals surface area contributed by atoms with Crippen LogP contribution < -0.4 is 14.8 Å². The zero-order valence-corrected chi connectivity index (χ0v) is 18.9. The Morgan fingerprint density at radius 2 is 1.82 bits per heavy atom. The van der Waals surface area contributed by atoms with Crippen LogP contribution in [-0.2, 0) is 11.2 Å². The van der Waals surface area contributed by atoms with Crippen molar-refractivity contribution in [3.8, 4) is 11.5 Å². The number of methoxy groups -OCH3 is 2. The van der Waals surface area contributed by atoms with E-state index >= 15 is 0 Å². The van der Waals surface area contributed by atoms with Crippen LogP contribution in [0.1, 0.15) is 30.9 Å². The minimum atomic E-state index is -4.91. The molecule has 1 atom stereocenters. The molecular formula is C24H28F3N3O3. The lowest BCUT2D eigenvalue weighted by molar-refractivity contribution is -0.167. The summed E-state index contributed by atoms with van der Waals surface area (Å²) in [5.74, 6) is -0.318. The molecule has 1 amide bonds. The van der Waals surface area contributed by atoms with Gasteiger partial charge in [0, 0.05) is 30.3 Å². The third-order valence-corrected chi connectivity index (χ3v) is 5.67. The summed E-state index contributed by atoms with van der Waals surface area (Å²) < 4.78 is 47.9. The van der Waals surface area contributed by atoms with Gasteiger partial charge in [0.15, 0.2) is 11.5 Å². The number of benzene rings is 2. The molecule has 0 radical (unpaired) electrons. The number of halogens is 3. The second-order valence-electron chi connectivity index (χ2n) is 7.80. The van der Waals surface area contributed by atoms with Gasteiger partial charge in [-0.15, -0.1) is 0 Å². The summed E-state index contributed by atoms with van der Waals surface area (Å²) in [7, 11) is 3.21. The van der Waals surface area contributed by atoms with Crippen molar-refractivity contribution >= 4 is 17.3 Å². The van der Waals surface area contributed by atoms with Crippen LogP contribution in [0.4, 0.5) is 18.9 Å². The van der Waals surface area contributed by atoms with E-state index in [0.717, 1.165) is 36.2 Å². The fraction of sp³-hybridized carbons (Fsp3) is 0.417. The fourth-order valence-electron chi connectivity index (χ4n) is 3.79. The number of amides is 1. The fourth-order valence-corrected chi connectivity index (χ4v) is 3.79. The molecule has 178 valence electrons. The van der Waals surface area contributed by atoms with E-state index in [9.17, 15) is 18.0 Å². The lowest BCUT2D eigenvalue weighted by Gasteiger charge is -2.31. The van der Waals surface area contributed by atoms with Crippen molar-refractivity contribution in [2.75, 3.05) is 32.6 Å². The number of alkyl halides is 3. The number of hydrazone groups is 1. The molecule has 0 fully saturated rings. The van der Waals surface area contributed by atoms with Crippen molar-refractivity contribution in [1.29, 1.82) is 0 Å². The smallest absolute Gasteiger partial charge is 0.471 e. The maximum Gasteiger partial charge on any atom is 0.471 e. The number of nitrogens with zero attached hydrogens (tertiary/aromatic N) is 2. The number of carbonyl (C=O) groups is 1. The minimum Gasteiger partial charge on any atom is -0.493 e. The number of ether oxygens (including phenoxy) is 2. The Bertz CT molecular complexity index is 991. The zero-order valence-electron chi connectivity index (χ0n) is 18.9. The molecule has 1 unspecified atom stereocenters. The van der Waals surface area contributed by atoms with E-state index < -0.39 is 12.1 Å². The summed E-state index contributed by atoms with van der Waals surface area (Å²) in [6.45, 7) is 3.65. The van der Waals surface area contributed by atoms with Crippen molar-refractivity contribution in [2.45, 2.75) is 32.4 Å². The second-order valence-corrected chi connectivity index (χ2v) is 7.80. The van der Waals surface area contributed by atoms with Gasteiger partial charge in [-0.25, -0.2) is 0 Å². The van der Waals surface area contributed by atoms with Crippen LogP contribution in [0.2, 0.25) is 0 Å². The molecule has 1 aliphatic heterocycles. The van der Waals surface area contributed by atoms with E-state index in [1.165, 1.54) is 12.1 Å².